The Labute approximate surface area is 145 Å². The molecule has 1 amide bonds. The fourth-order valence-corrected chi connectivity index (χ4v) is 3.56. The Hall–Kier alpha value is -1.99. The second kappa shape index (κ2) is 7.72. The summed E-state index contributed by atoms with van der Waals surface area (Å²) in [6, 6.07) is 3.42. The zero-order valence-electron chi connectivity index (χ0n) is 13.8. The van der Waals surface area contributed by atoms with Crippen molar-refractivity contribution in [3.8, 4) is 0 Å². The van der Waals surface area contributed by atoms with Crippen LogP contribution in [-0.4, -0.2) is 51.9 Å². The molecule has 0 unspecified atom stereocenters. The quantitative estimate of drug-likeness (QED) is 0.916. The molecular formula is C17H22N4O2S. The fraction of sp³-hybridized carbons (Fsp3) is 0.471. The van der Waals surface area contributed by atoms with Gasteiger partial charge in [0.1, 0.15) is 5.82 Å². The van der Waals surface area contributed by atoms with Crippen molar-refractivity contribution < 1.29 is 4.79 Å². The number of hydrogen-bond donors (Lipinski definition) is 1. The third-order valence-corrected chi connectivity index (χ3v) is 4.91. The molecule has 7 heteroatoms. The number of aromatic nitrogens is 2. The van der Waals surface area contributed by atoms with Gasteiger partial charge in [0, 0.05) is 43.3 Å². The standard InChI is InChI=1S/C17H22N4O2S/c1-2-14-10-16(22)19-15(18-14)11-20-5-3-6-21(8-7-20)17(23)13-4-9-24-12-13/h4,9-10,12H,2-3,5-8,11H2,1H3,(H,18,19,22). The summed E-state index contributed by atoms with van der Waals surface area (Å²) in [4.78, 5) is 35.6. The summed E-state index contributed by atoms with van der Waals surface area (Å²) in [7, 11) is 0. The lowest BCUT2D eigenvalue weighted by atomic mass is 10.3. The zero-order valence-corrected chi connectivity index (χ0v) is 14.6. The predicted octanol–water partition coefficient (Wildman–Crippen LogP) is 1.74. The third-order valence-electron chi connectivity index (χ3n) is 4.22. The molecule has 1 aliphatic heterocycles. The highest BCUT2D eigenvalue weighted by atomic mass is 32.1. The molecule has 1 N–H and O–H groups in total. The monoisotopic (exact) mass is 346 g/mol. The third kappa shape index (κ3) is 4.10. The van der Waals surface area contributed by atoms with Crippen molar-refractivity contribution in [2.24, 2.45) is 0 Å². The van der Waals surface area contributed by atoms with E-state index >= 15 is 0 Å². The number of nitrogens with one attached hydrogen (secondary N) is 1. The molecule has 0 aliphatic carbocycles. The molecule has 6 nitrogen and oxygen atoms in total. The number of aromatic amines is 1. The van der Waals surface area contributed by atoms with Crippen molar-refractivity contribution >= 4 is 17.2 Å². The number of nitrogens with zero attached hydrogens (tertiary/aromatic N) is 3. The van der Waals surface area contributed by atoms with Crippen LogP contribution in [-0.2, 0) is 13.0 Å². The lowest BCUT2D eigenvalue weighted by molar-refractivity contribution is 0.0761. The van der Waals surface area contributed by atoms with Gasteiger partial charge in [0.15, 0.2) is 0 Å². The maximum atomic E-state index is 12.5. The first-order valence-corrected chi connectivity index (χ1v) is 9.23. The van der Waals surface area contributed by atoms with E-state index in [2.05, 4.69) is 14.9 Å². The summed E-state index contributed by atoms with van der Waals surface area (Å²) >= 11 is 1.54. The van der Waals surface area contributed by atoms with Gasteiger partial charge in [0.25, 0.3) is 11.5 Å². The van der Waals surface area contributed by atoms with E-state index in [1.807, 2.05) is 28.7 Å². The minimum atomic E-state index is -0.0964. The predicted molar refractivity (Wildman–Crippen MR) is 94.4 cm³/mol. The summed E-state index contributed by atoms with van der Waals surface area (Å²) in [5, 5.41) is 3.83. The van der Waals surface area contributed by atoms with Gasteiger partial charge in [0.2, 0.25) is 0 Å². The Balaban J connectivity index is 1.62. The molecule has 0 saturated carbocycles. The average Bonchev–Trinajstić information content (AvgIpc) is 3.01. The molecule has 1 saturated heterocycles. The fourth-order valence-electron chi connectivity index (χ4n) is 2.93. The largest absolute Gasteiger partial charge is 0.337 e. The Morgan fingerprint density at radius 1 is 1.33 bits per heavy atom. The molecule has 0 bridgehead atoms. The van der Waals surface area contributed by atoms with Gasteiger partial charge in [-0.3, -0.25) is 14.5 Å². The number of carbonyl (C=O) groups excluding carboxylic acids is 1. The van der Waals surface area contributed by atoms with Gasteiger partial charge in [-0.05, 0) is 24.3 Å². The van der Waals surface area contributed by atoms with E-state index < -0.39 is 0 Å². The molecule has 1 aliphatic rings. The van der Waals surface area contributed by atoms with Gasteiger partial charge >= 0.3 is 0 Å². The molecule has 0 spiro atoms. The topological polar surface area (TPSA) is 69.3 Å². The Bertz CT molecular complexity index is 741. The molecule has 3 rings (SSSR count). The minimum absolute atomic E-state index is 0.0964. The summed E-state index contributed by atoms with van der Waals surface area (Å²) in [5.41, 5.74) is 1.49. The molecule has 2 aromatic rings. The van der Waals surface area contributed by atoms with Gasteiger partial charge < -0.3 is 9.88 Å². The van der Waals surface area contributed by atoms with Gasteiger partial charge in [-0.25, -0.2) is 4.98 Å². The lowest BCUT2D eigenvalue weighted by Crippen LogP contribution is -2.35. The van der Waals surface area contributed by atoms with Crippen LogP contribution in [0, 0.1) is 0 Å². The second-order valence-electron chi connectivity index (χ2n) is 5.97. The van der Waals surface area contributed by atoms with Gasteiger partial charge in [0.05, 0.1) is 12.1 Å². The number of carbonyl (C=O) groups is 1. The smallest absolute Gasteiger partial charge is 0.254 e. The van der Waals surface area contributed by atoms with E-state index in [1.165, 1.54) is 0 Å². The van der Waals surface area contributed by atoms with E-state index in [1.54, 1.807) is 17.4 Å². The van der Waals surface area contributed by atoms with E-state index in [0.29, 0.717) is 18.9 Å². The van der Waals surface area contributed by atoms with Crippen molar-refractivity contribution in [3.63, 3.8) is 0 Å². The first kappa shape index (κ1) is 16.9. The van der Waals surface area contributed by atoms with Crippen LogP contribution in [0.1, 0.15) is 35.2 Å². The van der Waals surface area contributed by atoms with Crippen molar-refractivity contribution in [1.82, 2.24) is 19.8 Å². The van der Waals surface area contributed by atoms with E-state index in [-0.39, 0.29) is 11.5 Å². The molecule has 0 atom stereocenters. The van der Waals surface area contributed by atoms with E-state index in [9.17, 15) is 9.59 Å². The number of rotatable bonds is 4. The van der Waals surface area contributed by atoms with E-state index in [4.69, 9.17) is 0 Å². The lowest BCUT2D eigenvalue weighted by Gasteiger charge is -2.21. The Morgan fingerprint density at radius 3 is 2.96 bits per heavy atom. The van der Waals surface area contributed by atoms with E-state index in [0.717, 1.165) is 43.7 Å². The van der Waals surface area contributed by atoms with Crippen molar-refractivity contribution in [1.29, 1.82) is 0 Å². The van der Waals surface area contributed by atoms with Crippen LogP contribution in [0.4, 0.5) is 0 Å². The van der Waals surface area contributed by atoms with Crippen LogP contribution in [0.15, 0.2) is 27.7 Å². The normalized spacial score (nSPS) is 16.1. The second-order valence-corrected chi connectivity index (χ2v) is 6.75. The maximum Gasteiger partial charge on any atom is 0.254 e. The summed E-state index contributed by atoms with van der Waals surface area (Å²) in [5.74, 6) is 0.814. The SMILES string of the molecule is CCc1cc(=O)[nH]c(CN2CCCN(C(=O)c3ccsc3)CC2)n1. The van der Waals surface area contributed by atoms with Crippen molar-refractivity contribution in [2.75, 3.05) is 26.2 Å². The van der Waals surface area contributed by atoms with Crippen LogP contribution in [0.3, 0.4) is 0 Å². The minimum Gasteiger partial charge on any atom is -0.337 e. The molecule has 0 aromatic carbocycles. The first-order valence-electron chi connectivity index (χ1n) is 8.28. The molecule has 3 heterocycles. The van der Waals surface area contributed by atoms with Gasteiger partial charge in [-0.15, -0.1) is 0 Å². The van der Waals surface area contributed by atoms with Crippen LogP contribution in [0.25, 0.3) is 0 Å². The number of aryl methyl sites for hydroxylation is 1. The number of thiophene rings is 1. The molecule has 1 fully saturated rings. The Morgan fingerprint density at radius 2 is 2.21 bits per heavy atom. The Kier molecular flexibility index (Phi) is 5.42. The van der Waals surface area contributed by atoms with Crippen molar-refractivity contribution in [2.45, 2.75) is 26.3 Å². The van der Waals surface area contributed by atoms with Crippen molar-refractivity contribution in [3.05, 3.63) is 50.3 Å². The number of amides is 1. The zero-order chi connectivity index (χ0) is 16.9. The van der Waals surface area contributed by atoms with Crippen LogP contribution in [0.5, 0.6) is 0 Å². The first-order chi connectivity index (χ1) is 11.7. The van der Waals surface area contributed by atoms with Gasteiger partial charge in [-0.2, -0.15) is 11.3 Å². The summed E-state index contributed by atoms with van der Waals surface area (Å²) in [6.07, 6.45) is 1.67. The van der Waals surface area contributed by atoms with Crippen LogP contribution >= 0.6 is 11.3 Å². The highest BCUT2D eigenvalue weighted by Gasteiger charge is 2.21. The van der Waals surface area contributed by atoms with Crippen LogP contribution < -0.4 is 5.56 Å². The van der Waals surface area contributed by atoms with Crippen LogP contribution in [0.2, 0.25) is 0 Å². The maximum absolute atomic E-state index is 12.5. The number of H-pyrrole nitrogens is 1. The molecular weight excluding hydrogens is 324 g/mol. The number of hydrogen-bond acceptors (Lipinski definition) is 5. The highest BCUT2D eigenvalue weighted by molar-refractivity contribution is 7.08. The molecule has 2 aromatic heterocycles. The summed E-state index contributed by atoms with van der Waals surface area (Å²) < 4.78 is 0. The average molecular weight is 346 g/mol. The highest BCUT2D eigenvalue weighted by Crippen LogP contribution is 2.13. The molecule has 128 valence electrons. The van der Waals surface area contributed by atoms with Gasteiger partial charge in [-0.1, -0.05) is 6.92 Å². The summed E-state index contributed by atoms with van der Waals surface area (Å²) in [6.45, 7) is 5.76. The molecule has 0 radical (unpaired) electrons. The molecule has 24 heavy (non-hydrogen) atoms.